The van der Waals surface area contributed by atoms with E-state index in [-0.39, 0.29) is 12.0 Å². The highest BCUT2D eigenvalue weighted by Gasteiger charge is 2.30. The van der Waals surface area contributed by atoms with Gasteiger partial charge in [-0.2, -0.15) is 16.7 Å². The van der Waals surface area contributed by atoms with Crippen molar-refractivity contribution in [2.24, 2.45) is 5.73 Å². The number of nitrogens with zero attached hydrogens (tertiary/aromatic N) is 2. The van der Waals surface area contributed by atoms with Gasteiger partial charge >= 0.3 is 0 Å². The van der Waals surface area contributed by atoms with Crippen molar-refractivity contribution in [3.05, 3.63) is 34.6 Å². The molecule has 6 heteroatoms. The molecule has 2 N–H and O–H groups in total. The van der Waals surface area contributed by atoms with Crippen molar-refractivity contribution in [1.29, 1.82) is 0 Å². The third-order valence-corrected chi connectivity index (χ3v) is 4.67. The van der Waals surface area contributed by atoms with E-state index in [4.69, 9.17) is 10.3 Å². The number of hydrogen-bond donors (Lipinski definition) is 1. The zero-order chi connectivity index (χ0) is 12.5. The van der Waals surface area contributed by atoms with Gasteiger partial charge in [-0.15, -0.1) is 0 Å². The third-order valence-electron chi connectivity index (χ3n) is 2.97. The summed E-state index contributed by atoms with van der Waals surface area (Å²) in [6.07, 6.45) is 0. The van der Waals surface area contributed by atoms with Gasteiger partial charge < -0.3 is 10.3 Å². The molecule has 2 heterocycles. The van der Waals surface area contributed by atoms with Gasteiger partial charge in [-0.3, -0.25) is 0 Å². The number of halogens is 1. The Labute approximate surface area is 117 Å². The highest BCUT2D eigenvalue weighted by molar-refractivity contribution is 9.10. The maximum atomic E-state index is 6.03. The predicted octanol–water partition coefficient (Wildman–Crippen LogP) is 2.66. The summed E-state index contributed by atoms with van der Waals surface area (Å²) in [5, 5.41) is 4.03. The number of aromatic nitrogens is 2. The van der Waals surface area contributed by atoms with Crippen LogP contribution in [0.25, 0.3) is 11.4 Å². The Bertz CT molecular complexity index is 560. The molecule has 2 atom stereocenters. The van der Waals surface area contributed by atoms with E-state index in [1.165, 1.54) is 0 Å². The first-order chi connectivity index (χ1) is 8.74. The van der Waals surface area contributed by atoms with E-state index in [0.717, 1.165) is 21.5 Å². The number of benzene rings is 1. The summed E-state index contributed by atoms with van der Waals surface area (Å²) in [6.45, 7) is 0. The lowest BCUT2D eigenvalue weighted by molar-refractivity contribution is 0.352. The van der Waals surface area contributed by atoms with Crippen molar-refractivity contribution < 1.29 is 4.52 Å². The maximum absolute atomic E-state index is 6.03. The molecule has 94 valence electrons. The quantitative estimate of drug-likeness (QED) is 0.919. The van der Waals surface area contributed by atoms with Gasteiger partial charge in [0.2, 0.25) is 11.7 Å². The van der Waals surface area contributed by atoms with Gasteiger partial charge in [0.1, 0.15) is 0 Å². The van der Waals surface area contributed by atoms with Crippen LogP contribution in [-0.4, -0.2) is 27.7 Å². The normalized spacial score (nSPS) is 23.4. The minimum Gasteiger partial charge on any atom is -0.339 e. The first-order valence-corrected chi connectivity index (χ1v) is 7.61. The smallest absolute Gasteiger partial charge is 0.232 e. The summed E-state index contributed by atoms with van der Waals surface area (Å²) in [5.74, 6) is 3.38. The first-order valence-electron chi connectivity index (χ1n) is 5.67. The molecular formula is C12H12BrN3OS. The third kappa shape index (κ3) is 2.32. The second-order valence-corrected chi connectivity index (χ2v) is 6.26. The molecule has 1 aliphatic rings. The Balaban J connectivity index is 1.89. The Morgan fingerprint density at radius 2 is 2.28 bits per heavy atom. The van der Waals surface area contributed by atoms with E-state index in [0.29, 0.717) is 11.7 Å². The molecule has 18 heavy (non-hydrogen) atoms. The summed E-state index contributed by atoms with van der Waals surface area (Å²) < 4.78 is 6.34. The van der Waals surface area contributed by atoms with Crippen LogP contribution in [0.1, 0.15) is 11.8 Å². The Kier molecular flexibility index (Phi) is 3.41. The standard InChI is InChI=1S/C12H12BrN3OS/c13-8-3-1-2-7(4-8)11-15-12(17-16-11)9-5-18-6-10(9)14/h1-4,9-10H,5-6,14H2. The van der Waals surface area contributed by atoms with Gasteiger partial charge in [-0.25, -0.2) is 0 Å². The summed E-state index contributed by atoms with van der Waals surface area (Å²) in [7, 11) is 0. The van der Waals surface area contributed by atoms with Crippen LogP contribution in [0.4, 0.5) is 0 Å². The summed E-state index contributed by atoms with van der Waals surface area (Å²) in [4.78, 5) is 4.46. The lowest BCUT2D eigenvalue weighted by atomic mass is 10.1. The van der Waals surface area contributed by atoms with Gasteiger partial charge in [0.15, 0.2) is 0 Å². The largest absolute Gasteiger partial charge is 0.339 e. The number of hydrogen-bond acceptors (Lipinski definition) is 5. The van der Waals surface area contributed by atoms with E-state index < -0.39 is 0 Å². The fourth-order valence-electron chi connectivity index (χ4n) is 1.96. The number of rotatable bonds is 2. The van der Waals surface area contributed by atoms with Crippen LogP contribution in [0.15, 0.2) is 33.3 Å². The molecule has 0 radical (unpaired) electrons. The van der Waals surface area contributed by atoms with Gasteiger partial charge in [0.05, 0.1) is 5.92 Å². The second kappa shape index (κ2) is 5.03. The number of nitrogens with two attached hydrogens (primary N) is 1. The Hall–Kier alpha value is -0.850. The monoisotopic (exact) mass is 325 g/mol. The molecule has 1 aromatic carbocycles. The molecule has 0 aliphatic carbocycles. The lowest BCUT2D eigenvalue weighted by Gasteiger charge is -2.07. The molecule has 0 bridgehead atoms. The average Bonchev–Trinajstić information content (AvgIpc) is 2.97. The molecule has 3 rings (SSSR count). The van der Waals surface area contributed by atoms with Gasteiger partial charge in [0, 0.05) is 27.6 Å². The minimum atomic E-state index is 0.116. The highest BCUT2D eigenvalue weighted by Crippen LogP contribution is 2.31. The van der Waals surface area contributed by atoms with Crippen LogP contribution in [0, 0.1) is 0 Å². The average molecular weight is 326 g/mol. The SMILES string of the molecule is NC1CSCC1c1nc(-c2cccc(Br)c2)no1. The summed E-state index contributed by atoms with van der Waals surface area (Å²) in [5.41, 5.74) is 6.97. The molecule has 0 saturated carbocycles. The van der Waals surface area contributed by atoms with Crippen LogP contribution in [-0.2, 0) is 0 Å². The predicted molar refractivity (Wildman–Crippen MR) is 75.5 cm³/mol. The van der Waals surface area contributed by atoms with Crippen molar-refractivity contribution in [1.82, 2.24) is 10.1 Å². The minimum absolute atomic E-state index is 0.116. The summed E-state index contributed by atoms with van der Waals surface area (Å²) in [6, 6.07) is 7.97. The lowest BCUT2D eigenvalue weighted by Crippen LogP contribution is -2.26. The van der Waals surface area contributed by atoms with Crippen LogP contribution in [0.5, 0.6) is 0 Å². The van der Waals surface area contributed by atoms with Crippen molar-refractivity contribution in [2.75, 3.05) is 11.5 Å². The fraction of sp³-hybridized carbons (Fsp3) is 0.333. The molecule has 4 nitrogen and oxygen atoms in total. The van der Waals surface area contributed by atoms with Crippen molar-refractivity contribution in [3.63, 3.8) is 0 Å². The molecule has 0 amide bonds. The van der Waals surface area contributed by atoms with E-state index in [9.17, 15) is 0 Å². The molecule has 1 aliphatic heterocycles. The van der Waals surface area contributed by atoms with Crippen LogP contribution in [0.3, 0.4) is 0 Å². The topological polar surface area (TPSA) is 64.9 Å². The van der Waals surface area contributed by atoms with E-state index in [1.807, 2.05) is 36.0 Å². The number of thioether (sulfide) groups is 1. The molecule has 2 unspecified atom stereocenters. The molecule has 1 fully saturated rings. The van der Waals surface area contributed by atoms with Gasteiger partial charge in [-0.05, 0) is 12.1 Å². The van der Waals surface area contributed by atoms with Gasteiger partial charge in [-0.1, -0.05) is 33.2 Å². The van der Waals surface area contributed by atoms with Crippen molar-refractivity contribution >= 4 is 27.7 Å². The Morgan fingerprint density at radius 1 is 1.39 bits per heavy atom. The van der Waals surface area contributed by atoms with Crippen LogP contribution >= 0.6 is 27.7 Å². The van der Waals surface area contributed by atoms with Crippen molar-refractivity contribution in [3.8, 4) is 11.4 Å². The van der Waals surface area contributed by atoms with E-state index in [2.05, 4.69) is 26.1 Å². The Morgan fingerprint density at radius 3 is 3.00 bits per heavy atom. The van der Waals surface area contributed by atoms with Crippen LogP contribution in [0.2, 0.25) is 0 Å². The molecule has 1 aromatic heterocycles. The first kappa shape index (κ1) is 12.2. The molecule has 1 saturated heterocycles. The zero-order valence-electron chi connectivity index (χ0n) is 9.54. The van der Waals surface area contributed by atoms with Gasteiger partial charge in [0.25, 0.3) is 0 Å². The maximum Gasteiger partial charge on any atom is 0.232 e. The van der Waals surface area contributed by atoms with E-state index in [1.54, 1.807) is 0 Å². The molecular weight excluding hydrogens is 314 g/mol. The second-order valence-electron chi connectivity index (χ2n) is 4.27. The fourth-order valence-corrected chi connectivity index (χ4v) is 3.64. The van der Waals surface area contributed by atoms with E-state index >= 15 is 0 Å². The van der Waals surface area contributed by atoms with Crippen molar-refractivity contribution in [2.45, 2.75) is 12.0 Å². The molecule has 2 aromatic rings. The summed E-state index contributed by atoms with van der Waals surface area (Å²) >= 11 is 5.26. The molecule has 0 spiro atoms. The highest BCUT2D eigenvalue weighted by atomic mass is 79.9. The zero-order valence-corrected chi connectivity index (χ0v) is 11.9. The van der Waals surface area contributed by atoms with Crippen LogP contribution < -0.4 is 5.73 Å².